The number of halogens is 2. The van der Waals surface area contributed by atoms with E-state index in [2.05, 4.69) is 0 Å². The Labute approximate surface area is 126 Å². The Kier molecular flexibility index (Phi) is 4.73. The molecule has 7 heteroatoms. The number of rotatable bonds is 4. The van der Waals surface area contributed by atoms with E-state index >= 15 is 0 Å². The molecule has 1 fully saturated rings. The lowest BCUT2D eigenvalue weighted by Gasteiger charge is -2.16. The predicted octanol–water partition coefficient (Wildman–Crippen LogP) is 2.31. The molecule has 1 atom stereocenters. The van der Waals surface area contributed by atoms with Gasteiger partial charge in [-0.3, -0.25) is 9.59 Å². The van der Waals surface area contributed by atoms with Gasteiger partial charge in [-0.25, -0.2) is 0 Å². The van der Waals surface area contributed by atoms with Crippen molar-refractivity contribution in [2.45, 2.75) is 6.42 Å². The second-order valence-electron chi connectivity index (χ2n) is 4.56. The zero-order valence-corrected chi connectivity index (χ0v) is 12.0. The molecule has 1 aliphatic rings. The van der Waals surface area contributed by atoms with Crippen molar-refractivity contribution in [2.24, 2.45) is 5.92 Å². The molecule has 1 saturated heterocycles. The van der Waals surface area contributed by atoms with E-state index in [9.17, 15) is 9.59 Å². The first-order valence-electron chi connectivity index (χ1n) is 6.05. The van der Waals surface area contributed by atoms with E-state index in [0.717, 1.165) is 0 Å². The number of carbonyl (C=O) groups excluding carboxylic acids is 1. The first-order chi connectivity index (χ1) is 9.45. The van der Waals surface area contributed by atoms with E-state index in [1.165, 1.54) is 4.90 Å². The quantitative estimate of drug-likeness (QED) is 0.925. The van der Waals surface area contributed by atoms with Crippen LogP contribution >= 0.6 is 23.2 Å². The summed E-state index contributed by atoms with van der Waals surface area (Å²) in [4.78, 5) is 24.2. The summed E-state index contributed by atoms with van der Waals surface area (Å²) in [5.74, 6) is -1.20. The molecule has 1 aromatic rings. The van der Waals surface area contributed by atoms with E-state index in [-0.39, 0.29) is 19.1 Å². The molecule has 0 spiro atoms. The van der Waals surface area contributed by atoms with Crippen LogP contribution in [0.4, 0.5) is 0 Å². The summed E-state index contributed by atoms with van der Waals surface area (Å²) in [6, 6.07) is 4.69. The van der Waals surface area contributed by atoms with Gasteiger partial charge in [0.1, 0.15) is 5.75 Å². The molecule has 1 aliphatic heterocycles. The Morgan fingerprint density at radius 1 is 1.30 bits per heavy atom. The summed E-state index contributed by atoms with van der Waals surface area (Å²) in [5, 5.41) is 9.73. The van der Waals surface area contributed by atoms with Crippen molar-refractivity contribution in [3.8, 4) is 5.75 Å². The van der Waals surface area contributed by atoms with Gasteiger partial charge in [0, 0.05) is 23.1 Å². The molecule has 1 heterocycles. The first kappa shape index (κ1) is 14.9. The molecule has 1 unspecified atom stereocenters. The minimum absolute atomic E-state index is 0.164. The van der Waals surface area contributed by atoms with Crippen LogP contribution in [0.25, 0.3) is 0 Å². The second-order valence-corrected chi connectivity index (χ2v) is 5.43. The highest BCUT2D eigenvalue weighted by Gasteiger charge is 2.30. The van der Waals surface area contributed by atoms with Crippen molar-refractivity contribution in [1.29, 1.82) is 0 Å². The van der Waals surface area contributed by atoms with Gasteiger partial charge in [-0.05, 0) is 24.6 Å². The summed E-state index contributed by atoms with van der Waals surface area (Å²) >= 11 is 11.6. The molecule has 1 aromatic carbocycles. The van der Waals surface area contributed by atoms with Crippen molar-refractivity contribution in [2.75, 3.05) is 19.7 Å². The number of benzene rings is 1. The fourth-order valence-corrected chi connectivity index (χ4v) is 2.54. The Morgan fingerprint density at radius 2 is 1.95 bits per heavy atom. The SMILES string of the molecule is O=C(O)C1CCN(C(=O)COc2cc(Cl)cc(Cl)c2)C1. The average molecular weight is 318 g/mol. The summed E-state index contributed by atoms with van der Waals surface area (Å²) in [7, 11) is 0. The number of carboxylic acids is 1. The Morgan fingerprint density at radius 3 is 2.50 bits per heavy atom. The molecule has 0 saturated carbocycles. The molecule has 5 nitrogen and oxygen atoms in total. The zero-order valence-electron chi connectivity index (χ0n) is 10.5. The van der Waals surface area contributed by atoms with Gasteiger partial charge >= 0.3 is 5.97 Å². The third kappa shape index (κ3) is 3.77. The van der Waals surface area contributed by atoms with E-state index in [1.54, 1.807) is 18.2 Å². The summed E-state index contributed by atoms with van der Waals surface area (Å²) in [5.41, 5.74) is 0. The number of nitrogens with zero attached hydrogens (tertiary/aromatic N) is 1. The van der Waals surface area contributed by atoms with E-state index in [0.29, 0.717) is 28.8 Å². The number of hydrogen-bond acceptors (Lipinski definition) is 3. The smallest absolute Gasteiger partial charge is 0.308 e. The van der Waals surface area contributed by atoms with Crippen LogP contribution in [0.3, 0.4) is 0 Å². The van der Waals surface area contributed by atoms with Gasteiger partial charge in [-0.15, -0.1) is 0 Å². The maximum Gasteiger partial charge on any atom is 0.308 e. The number of ether oxygens (including phenoxy) is 1. The Balaban J connectivity index is 1.88. The fourth-order valence-electron chi connectivity index (χ4n) is 2.04. The maximum atomic E-state index is 11.9. The zero-order chi connectivity index (χ0) is 14.7. The van der Waals surface area contributed by atoms with Crippen molar-refractivity contribution < 1.29 is 19.4 Å². The van der Waals surface area contributed by atoms with Crippen molar-refractivity contribution in [3.63, 3.8) is 0 Å². The highest BCUT2D eigenvalue weighted by Crippen LogP contribution is 2.24. The van der Waals surface area contributed by atoms with E-state index in [1.807, 2.05) is 0 Å². The molecule has 20 heavy (non-hydrogen) atoms. The first-order valence-corrected chi connectivity index (χ1v) is 6.81. The molecule has 0 aliphatic carbocycles. The van der Waals surface area contributed by atoms with Crippen LogP contribution in [0.15, 0.2) is 18.2 Å². The molecule has 108 valence electrons. The lowest BCUT2D eigenvalue weighted by molar-refractivity contribution is -0.141. The molecule has 0 aromatic heterocycles. The lowest BCUT2D eigenvalue weighted by atomic mass is 10.1. The molecular formula is C13H13Cl2NO4. The standard InChI is InChI=1S/C13H13Cl2NO4/c14-9-3-10(15)5-11(4-9)20-7-12(17)16-2-1-8(6-16)13(18)19/h3-5,8H,1-2,6-7H2,(H,18,19). The van der Waals surface area contributed by atoms with Crippen molar-refractivity contribution in [1.82, 2.24) is 4.90 Å². The van der Waals surface area contributed by atoms with Crippen LogP contribution < -0.4 is 4.74 Å². The third-order valence-electron chi connectivity index (χ3n) is 3.09. The topological polar surface area (TPSA) is 66.8 Å². The molecule has 1 amide bonds. The van der Waals surface area contributed by atoms with Crippen LogP contribution in [0, 0.1) is 5.92 Å². The highest BCUT2D eigenvalue weighted by molar-refractivity contribution is 6.34. The molecule has 0 bridgehead atoms. The van der Waals surface area contributed by atoms with Crippen LogP contribution in [0.2, 0.25) is 10.0 Å². The van der Waals surface area contributed by atoms with Gasteiger partial charge in [0.05, 0.1) is 5.92 Å². The minimum Gasteiger partial charge on any atom is -0.484 e. The Bertz CT molecular complexity index is 515. The maximum absolute atomic E-state index is 11.9. The number of aliphatic carboxylic acids is 1. The van der Waals surface area contributed by atoms with Gasteiger partial charge in [0.15, 0.2) is 6.61 Å². The van der Waals surface area contributed by atoms with Crippen molar-refractivity contribution >= 4 is 35.1 Å². The number of amides is 1. The summed E-state index contributed by atoms with van der Waals surface area (Å²) in [6.45, 7) is 0.506. The lowest BCUT2D eigenvalue weighted by Crippen LogP contribution is -2.33. The summed E-state index contributed by atoms with van der Waals surface area (Å²) in [6.07, 6.45) is 0.476. The molecule has 1 N–H and O–H groups in total. The van der Waals surface area contributed by atoms with Gasteiger partial charge in [0.25, 0.3) is 5.91 Å². The second kappa shape index (κ2) is 6.33. The number of carboxylic acid groups (broad SMARTS) is 1. The van der Waals surface area contributed by atoms with Gasteiger partial charge in [0.2, 0.25) is 0 Å². The number of carbonyl (C=O) groups is 2. The number of hydrogen-bond donors (Lipinski definition) is 1. The van der Waals surface area contributed by atoms with Gasteiger partial charge in [-0.1, -0.05) is 23.2 Å². The normalized spacial score (nSPS) is 18.1. The van der Waals surface area contributed by atoms with Crippen LogP contribution in [-0.4, -0.2) is 41.6 Å². The third-order valence-corrected chi connectivity index (χ3v) is 3.53. The van der Waals surface area contributed by atoms with Crippen LogP contribution in [0.5, 0.6) is 5.75 Å². The minimum atomic E-state index is -0.872. The molecule has 0 radical (unpaired) electrons. The predicted molar refractivity (Wildman–Crippen MR) is 74.3 cm³/mol. The highest BCUT2D eigenvalue weighted by atomic mass is 35.5. The van der Waals surface area contributed by atoms with E-state index < -0.39 is 11.9 Å². The number of likely N-dealkylation sites (tertiary alicyclic amines) is 1. The monoisotopic (exact) mass is 317 g/mol. The van der Waals surface area contributed by atoms with Gasteiger partial charge < -0.3 is 14.7 Å². The average Bonchev–Trinajstić information content (AvgIpc) is 2.84. The molecule has 2 rings (SSSR count). The van der Waals surface area contributed by atoms with Crippen LogP contribution in [0.1, 0.15) is 6.42 Å². The van der Waals surface area contributed by atoms with Crippen molar-refractivity contribution in [3.05, 3.63) is 28.2 Å². The fraction of sp³-hybridized carbons (Fsp3) is 0.385. The summed E-state index contributed by atoms with van der Waals surface area (Å²) < 4.78 is 5.33. The largest absolute Gasteiger partial charge is 0.484 e. The molecular weight excluding hydrogens is 305 g/mol. The van der Waals surface area contributed by atoms with Crippen LogP contribution in [-0.2, 0) is 9.59 Å². The van der Waals surface area contributed by atoms with Gasteiger partial charge in [-0.2, -0.15) is 0 Å². The van der Waals surface area contributed by atoms with E-state index in [4.69, 9.17) is 33.0 Å². The Hall–Kier alpha value is -1.46.